The van der Waals surface area contributed by atoms with Crippen molar-refractivity contribution in [1.29, 1.82) is 0 Å². The van der Waals surface area contributed by atoms with Gasteiger partial charge in [0.1, 0.15) is 5.60 Å². The summed E-state index contributed by atoms with van der Waals surface area (Å²) < 4.78 is 11.6. The fourth-order valence-electron chi connectivity index (χ4n) is 4.11. The Hall–Kier alpha value is -2.04. The minimum absolute atomic E-state index is 0.157. The summed E-state index contributed by atoms with van der Waals surface area (Å²) in [5, 5.41) is 10.2. The Labute approximate surface area is 169 Å². The Balaban J connectivity index is 1.87. The van der Waals surface area contributed by atoms with Crippen LogP contribution in [0, 0.1) is 5.41 Å². The maximum Gasteiger partial charge on any atom is 0.162 e. The van der Waals surface area contributed by atoms with Gasteiger partial charge in [-0.2, -0.15) is 0 Å². The van der Waals surface area contributed by atoms with Crippen molar-refractivity contribution >= 4 is 0 Å². The molecule has 0 saturated carbocycles. The number of methoxy groups -OCH3 is 1. The molecule has 1 fully saturated rings. The highest BCUT2D eigenvalue weighted by Gasteiger charge is 2.43. The Morgan fingerprint density at radius 1 is 1.11 bits per heavy atom. The number of likely N-dealkylation sites (tertiary alicyclic amines) is 1. The molecule has 2 atom stereocenters. The Bertz CT molecular complexity index is 784. The zero-order chi connectivity index (χ0) is 20.4. The van der Waals surface area contributed by atoms with Crippen molar-refractivity contribution in [2.24, 2.45) is 5.41 Å². The monoisotopic (exact) mass is 383 g/mol. The summed E-state index contributed by atoms with van der Waals surface area (Å²) in [6, 6.07) is 16.7. The van der Waals surface area contributed by atoms with Gasteiger partial charge >= 0.3 is 0 Å². The summed E-state index contributed by atoms with van der Waals surface area (Å²) in [4.78, 5) is 2.44. The molecule has 152 valence electrons. The van der Waals surface area contributed by atoms with Crippen LogP contribution in [0.1, 0.15) is 44.7 Å². The lowest BCUT2D eigenvalue weighted by atomic mass is 9.76. The van der Waals surface area contributed by atoms with Crippen LogP contribution in [0.4, 0.5) is 0 Å². The number of hydrogen-bond acceptors (Lipinski definition) is 4. The van der Waals surface area contributed by atoms with Crippen LogP contribution < -0.4 is 9.47 Å². The van der Waals surface area contributed by atoms with Crippen LogP contribution in [0.25, 0.3) is 0 Å². The molecular weight excluding hydrogens is 350 g/mol. The number of benzene rings is 2. The first-order valence-corrected chi connectivity index (χ1v) is 9.98. The second kappa shape index (κ2) is 8.14. The zero-order valence-corrected chi connectivity index (χ0v) is 17.7. The third-order valence-electron chi connectivity index (χ3n) is 5.48. The van der Waals surface area contributed by atoms with E-state index in [9.17, 15) is 5.11 Å². The third-order valence-corrected chi connectivity index (χ3v) is 5.48. The molecule has 0 aromatic heterocycles. The van der Waals surface area contributed by atoms with Gasteiger partial charge in [0.2, 0.25) is 0 Å². The first kappa shape index (κ1) is 20.7. The van der Waals surface area contributed by atoms with E-state index in [-0.39, 0.29) is 23.5 Å². The molecule has 1 unspecified atom stereocenters. The Morgan fingerprint density at radius 3 is 2.43 bits per heavy atom. The van der Waals surface area contributed by atoms with Gasteiger partial charge in [-0.25, -0.2) is 0 Å². The molecule has 1 aliphatic heterocycles. The van der Waals surface area contributed by atoms with Gasteiger partial charge in [0.15, 0.2) is 11.5 Å². The van der Waals surface area contributed by atoms with Crippen molar-refractivity contribution in [3.63, 3.8) is 0 Å². The SMILES string of the molecule is COc1ccc(C2CN(Cc3ccccc3)C[C@@]2(C)CO)cc1OC(C)(C)C. The van der Waals surface area contributed by atoms with E-state index in [2.05, 4.69) is 48.2 Å². The molecule has 0 spiro atoms. The van der Waals surface area contributed by atoms with Crippen LogP contribution in [-0.2, 0) is 6.54 Å². The summed E-state index contributed by atoms with van der Waals surface area (Å²) in [7, 11) is 1.67. The molecule has 0 aliphatic carbocycles. The first-order valence-electron chi connectivity index (χ1n) is 9.98. The van der Waals surface area contributed by atoms with E-state index in [0.29, 0.717) is 0 Å². The van der Waals surface area contributed by atoms with E-state index in [1.165, 1.54) is 11.1 Å². The summed E-state index contributed by atoms with van der Waals surface area (Å²) >= 11 is 0. The predicted molar refractivity (Wildman–Crippen MR) is 113 cm³/mol. The van der Waals surface area contributed by atoms with E-state index < -0.39 is 0 Å². The topological polar surface area (TPSA) is 41.9 Å². The standard InChI is InChI=1S/C24H33NO3/c1-23(2,3)28-22-13-19(11-12-21(22)27-5)20-15-25(16-24(20,4)17-26)14-18-9-7-6-8-10-18/h6-13,20,26H,14-17H2,1-5H3/t20?,24-/m0/s1. The molecule has 4 heteroatoms. The van der Waals surface area contributed by atoms with Crippen molar-refractivity contribution in [3.8, 4) is 11.5 Å². The van der Waals surface area contributed by atoms with Gasteiger partial charge in [0.05, 0.1) is 13.7 Å². The van der Waals surface area contributed by atoms with E-state index in [1.54, 1.807) is 7.11 Å². The molecule has 4 nitrogen and oxygen atoms in total. The van der Waals surface area contributed by atoms with Gasteiger partial charge in [0, 0.05) is 31.0 Å². The van der Waals surface area contributed by atoms with Crippen molar-refractivity contribution in [2.45, 2.75) is 45.8 Å². The molecule has 2 aromatic rings. The second-order valence-corrected chi connectivity index (χ2v) is 9.14. The molecule has 0 radical (unpaired) electrons. The maximum atomic E-state index is 10.2. The van der Waals surface area contributed by atoms with Gasteiger partial charge < -0.3 is 14.6 Å². The van der Waals surface area contributed by atoms with Crippen LogP contribution in [0.15, 0.2) is 48.5 Å². The van der Waals surface area contributed by atoms with Gasteiger partial charge in [-0.05, 0) is 44.0 Å². The van der Waals surface area contributed by atoms with E-state index in [1.807, 2.05) is 32.9 Å². The normalized spacial score (nSPS) is 23.0. The highest BCUT2D eigenvalue weighted by molar-refractivity contribution is 5.45. The average molecular weight is 384 g/mol. The Morgan fingerprint density at radius 2 is 1.82 bits per heavy atom. The second-order valence-electron chi connectivity index (χ2n) is 9.14. The molecule has 2 aromatic carbocycles. The highest BCUT2D eigenvalue weighted by atomic mass is 16.5. The largest absolute Gasteiger partial charge is 0.493 e. The van der Waals surface area contributed by atoms with Crippen LogP contribution in [0.3, 0.4) is 0 Å². The molecule has 0 bridgehead atoms. The zero-order valence-electron chi connectivity index (χ0n) is 17.7. The van der Waals surface area contributed by atoms with Crippen molar-refractivity contribution in [2.75, 3.05) is 26.8 Å². The summed E-state index contributed by atoms with van der Waals surface area (Å²) in [6.07, 6.45) is 0. The number of aliphatic hydroxyl groups excluding tert-OH is 1. The lowest BCUT2D eigenvalue weighted by Gasteiger charge is -2.30. The number of ether oxygens (including phenoxy) is 2. The fourth-order valence-corrected chi connectivity index (χ4v) is 4.11. The van der Waals surface area contributed by atoms with Crippen molar-refractivity contribution in [1.82, 2.24) is 4.90 Å². The van der Waals surface area contributed by atoms with E-state index >= 15 is 0 Å². The van der Waals surface area contributed by atoms with Crippen molar-refractivity contribution in [3.05, 3.63) is 59.7 Å². The lowest BCUT2D eigenvalue weighted by molar-refractivity contribution is 0.123. The maximum absolute atomic E-state index is 10.2. The quantitative estimate of drug-likeness (QED) is 0.799. The lowest BCUT2D eigenvalue weighted by Crippen LogP contribution is -2.30. The van der Waals surface area contributed by atoms with Crippen LogP contribution in [-0.4, -0.2) is 42.4 Å². The van der Waals surface area contributed by atoms with Crippen LogP contribution in [0.2, 0.25) is 0 Å². The minimum Gasteiger partial charge on any atom is -0.493 e. The molecule has 1 aliphatic rings. The van der Waals surface area contributed by atoms with Crippen molar-refractivity contribution < 1.29 is 14.6 Å². The third kappa shape index (κ3) is 4.68. The Kier molecular flexibility index (Phi) is 6.01. The van der Waals surface area contributed by atoms with E-state index in [4.69, 9.17) is 9.47 Å². The van der Waals surface area contributed by atoms with Gasteiger partial charge in [-0.3, -0.25) is 4.90 Å². The van der Waals surface area contributed by atoms with E-state index in [0.717, 1.165) is 31.1 Å². The number of hydrogen-bond donors (Lipinski definition) is 1. The smallest absolute Gasteiger partial charge is 0.162 e. The first-order chi connectivity index (χ1) is 13.2. The number of nitrogens with zero attached hydrogens (tertiary/aromatic N) is 1. The molecule has 1 saturated heterocycles. The van der Waals surface area contributed by atoms with Crippen LogP contribution >= 0.6 is 0 Å². The minimum atomic E-state index is -0.304. The summed E-state index contributed by atoms with van der Waals surface area (Å²) in [5.74, 6) is 1.73. The van der Waals surface area contributed by atoms with Gasteiger partial charge in [0.25, 0.3) is 0 Å². The fraction of sp³-hybridized carbons (Fsp3) is 0.500. The summed E-state index contributed by atoms with van der Waals surface area (Å²) in [5.41, 5.74) is 1.99. The number of rotatable bonds is 6. The molecule has 0 amide bonds. The predicted octanol–water partition coefficient (Wildman–Crippen LogP) is 4.47. The molecular formula is C24H33NO3. The average Bonchev–Trinajstić information content (AvgIpc) is 2.98. The number of aliphatic hydroxyl groups is 1. The molecule has 28 heavy (non-hydrogen) atoms. The molecule has 1 heterocycles. The summed E-state index contributed by atoms with van der Waals surface area (Å²) in [6.45, 7) is 11.1. The van der Waals surface area contributed by atoms with Gasteiger partial charge in [-0.15, -0.1) is 0 Å². The molecule has 3 rings (SSSR count). The highest BCUT2D eigenvalue weighted by Crippen LogP contribution is 2.45. The molecule has 1 N–H and O–H groups in total. The van der Waals surface area contributed by atoms with Gasteiger partial charge in [-0.1, -0.05) is 43.3 Å². The van der Waals surface area contributed by atoms with Crippen LogP contribution in [0.5, 0.6) is 11.5 Å².